The monoisotopic (exact) mass is 360 g/mol. The van der Waals surface area contributed by atoms with Crippen LogP contribution in [0.4, 0.5) is 13.2 Å². The number of pyridine rings is 2. The van der Waals surface area contributed by atoms with Crippen molar-refractivity contribution in [1.82, 2.24) is 9.55 Å². The molecule has 2 heterocycles. The Bertz CT molecular complexity index is 946. The molecule has 3 aromatic rings. The van der Waals surface area contributed by atoms with Crippen LogP contribution in [-0.2, 0) is 12.7 Å². The van der Waals surface area contributed by atoms with Crippen LogP contribution in [0.2, 0.25) is 0 Å². The molecule has 0 aliphatic rings. The molecule has 0 N–H and O–H groups in total. The van der Waals surface area contributed by atoms with Gasteiger partial charge in [-0.15, -0.1) is 0 Å². The highest BCUT2D eigenvalue weighted by Crippen LogP contribution is 2.27. The van der Waals surface area contributed by atoms with Crippen LogP contribution in [0.1, 0.15) is 11.3 Å². The molecular formula is C19H15F3N2O2. The van der Waals surface area contributed by atoms with Crippen molar-refractivity contribution in [2.24, 2.45) is 0 Å². The summed E-state index contributed by atoms with van der Waals surface area (Å²) < 4.78 is 44.3. The number of hydrogen-bond donors (Lipinski definition) is 0. The zero-order valence-electron chi connectivity index (χ0n) is 13.8. The van der Waals surface area contributed by atoms with Crippen molar-refractivity contribution in [3.63, 3.8) is 0 Å². The Balaban J connectivity index is 1.87. The number of nitrogens with zero attached hydrogens (tertiary/aromatic N) is 2. The van der Waals surface area contributed by atoms with Gasteiger partial charge >= 0.3 is 6.18 Å². The van der Waals surface area contributed by atoms with Gasteiger partial charge in [0.05, 0.1) is 13.7 Å². The number of ether oxygens (including phenoxy) is 1. The Morgan fingerprint density at radius 2 is 1.69 bits per heavy atom. The fraction of sp³-hybridized carbons (Fsp3) is 0.158. The van der Waals surface area contributed by atoms with E-state index in [1.54, 1.807) is 19.4 Å². The highest BCUT2D eigenvalue weighted by atomic mass is 19.4. The standard InChI is InChI=1S/C19H15F3N2O2/c1-26-16-6-3-14(4-7-16)15-5-9-18(25)24(12-15)11-13-2-8-17(23-10-13)19(20,21)22/h2-10,12H,11H2,1H3. The van der Waals surface area contributed by atoms with Gasteiger partial charge in [-0.05, 0) is 41.0 Å². The first kappa shape index (κ1) is 17.7. The third-order valence-electron chi connectivity index (χ3n) is 3.87. The molecule has 0 unspecified atom stereocenters. The van der Waals surface area contributed by atoms with E-state index < -0.39 is 11.9 Å². The van der Waals surface area contributed by atoms with Gasteiger partial charge in [0.25, 0.3) is 5.56 Å². The van der Waals surface area contributed by atoms with E-state index in [-0.39, 0.29) is 12.1 Å². The molecule has 134 valence electrons. The summed E-state index contributed by atoms with van der Waals surface area (Å²) >= 11 is 0. The molecule has 0 bridgehead atoms. The van der Waals surface area contributed by atoms with Gasteiger partial charge in [0.2, 0.25) is 0 Å². The molecule has 26 heavy (non-hydrogen) atoms. The maximum absolute atomic E-state index is 12.6. The molecule has 0 aliphatic heterocycles. The molecule has 3 rings (SSSR count). The van der Waals surface area contributed by atoms with Crippen LogP contribution >= 0.6 is 0 Å². The van der Waals surface area contributed by atoms with Crippen LogP contribution in [0.15, 0.2) is 65.7 Å². The van der Waals surface area contributed by atoms with Crippen molar-refractivity contribution >= 4 is 0 Å². The van der Waals surface area contributed by atoms with Crippen molar-refractivity contribution in [3.05, 3.63) is 82.5 Å². The largest absolute Gasteiger partial charge is 0.497 e. The molecule has 2 aromatic heterocycles. The zero-order valence-corrected chi connectivity index (χ0v) is 13.8. The molecule has 0 saturated carbocycles. The second-order valence-corrected chi connectivity index (χ2v) is 5.66. The molecule has 0 aliphatic carbocycles. The van der Waals surface area contributed by atoms with Crippen molar-refractivity contribution in [3.8, 4) is 16.9 Å². The summed E-state index contributed by atoms with van der Waals surface area (Å²) in [6.45, 7) is 0.133. The van der Waals surface area contributed by atoms with Gasteiger partial charge in [-0.2, -0.15) is 13.2 Å². The minimum atomic E-state index is -4.48. The molecule has 4 nitrogen and oxygen atoms in total. The average molecular weight is 360 g/mol. The molecule has 0 amide bonds. The lowest BCUT2D eigenvalue weighted by molar-refractivity contribution is -0.141. The van der Waals surface area contributed by atoms with E-state index in [1.165, 1.54) is 16.7 Å². The van der Waals surface area contributed by atoms with E-state index in [9.17, 15) is 18.0 Å². The predicted molar refractivity (Wildman–Crippen MR) is 91.0 cm³/mol. The lowest BCUT2D eigenvalue weighted by Crippen LogP contribution is -2.19. The van der Waals surface area contributed by atoms with Crippen molar-refractivity contribution in [2.75, 3.05) is 7.11 Å². The first-order valence-corrected chi connectivity index (χ1v) is 7.74. The van der Waals surface area contributed by atoms with Gasteiger partial charge < -0.3 is 9.30 Å². The Labute approximate surface area is 147 Å². The molecule has 0 radical (unpaired) electrons. The van der Waals surface area contributed by atoms with Gasteiger partial charge in [-0.25, -0.2) is 0 Å². The number of hydrogen-bond acceptors (Lipinski definition) is 3. The van der Waals surface area contributed by atoms with E-state index in [1.807, 2.05) is 24.3 Å². The van der Waals surface area contributed by atoms with Gasteiger partial charge in [-0.3, -0.25) is 9.78 Å². The Hall–Kier alpha value is -3.09. The maximum Gasteiger partial charge on any atom is 0.433 e. The number of halogens is 3. The van der Waals surface area contributed by atoms with Crippen LogP contribution in [0.3, 0.4) is 0 Å². The summed E-state index contributed by atoms with van der Waals surface area (Å²) in [6, 6.07) is 12.7. The number of alkyl halides is 3. The van der Waals surface area contributed by atoms with Crippen LogP contribution < -0.4 is 10.3 Å². The molecule has 0 fully saturated rings. The van der Waals surface area contributed by atoms with Gasteiger partial charge in [0, 0.05) is 18.5 Å². The first-order chi connectivity index (χ1) is 12.4. The SMILES string of the molecule is COc1ccc(-c2ccc(=O)n(Cc3ccc(C(F)(F)F)nc3)c2)cc1. The van der Waals surface area contributed by atoms with Crippen LogP contribution in [0.25, 0.3) is 11.1 Å². The fourth-order valence-corrected chi connectivity index (χ4v) is 2.49. The number of aromatic nitrogens is 2. The Morgan fingerprint density at radius 3 is 2.27 bits per heavy atom. The fourth-order valence-electron chi connectivity index (χ4n) is 2.49. The van der Waals surface area contributed by atoms with Gasteiger partial charge in [0.1, 0.15) is 11.4 Å². The normalized spacial score (nSPS) is 11.4. The summed E-state index contributed by atoms with van der Waals surface area (Å²) in [5.74, 6) is 0.720. The lowest BCUT2D eigenvalue weighted by Gasteiger charge is -2.10. The smallest absolute Gasteiger partial charge is 0.433 e. The quantitative estimate of drug-likeness (QED) is 0.707. The molecular weight excluding hydrogens is 345 g/mol. The average Bonchev–Trinajstić information content (AvgIpc) is 2.63. The Kier molecular flexibility index (Phi) is 4.79. The highest BCUT2D eigenvalue weighted by Gasteiger charge is 2.31. The summed E-state index contributed by atoms with van der Waals surface area (Å²) in [4.78, 5) is 15.5. The summed E-state index contributed by atoms with van der Waals surface area (Å²) in [7, 11) is 1.58. The van der Waals surface area contributed by atoms with E-state index in [0.29, 0.717) is 5.56 Å². The third kappa shape index (κ3) is 3.93. The van der Waals surface area contributed by atoms with E-state index in [0.717, 1.165) is 29.1 Å². The predicted octanol–water partition coefficient (Wildman–Crippen LogP) is 3.99. The maximum atomic E-state index is 12.6. The topological polar surface area (TPSA) is 44.1 Å². The van der Waals surface area contributed by atoms with Gasteiger partial charge in [-0.1, -0.05) is 18.2 Å². The molecule has 0 saturated heterocycles. The van der Waals surface area contributed by atoms with E-state index >= 15 is 0 Å². The summed E-state index contributed by atoms with van der Waals surface area (Å²) in [5.41, 5.74) is 1.01. The zero-order chi connectivity index (χ0) is 18.7. The summed E-state index contributed by atoms with van der Waals surface area (Å²) in [5, 5.41) is 0. The number of methoxy groups -OCH3 is 1. The number of rotatable bonds is 4. The lowest BCUT2D eigenvalue weighted by atomic mass is 10.1. The number of benzene rings is 1. The second kappa shape index (κ2) is 7.03. The second-order valence-electron chi connectivity index (χ2n) is 5.66. The molecule has 7 heteroatoms. The minimum absolute atomic E-state index is 0.133. The van der Waals surface area contributed by atoms with E-state index in [2.05, 4.69) is 4.98 Å². The highest BCUT2D eigenvalue weighted by molar-refractivity contribution is 5.63. The van der Waals surface area contributed by atoms with Crippen molar-refractivity contribution in [2.45, 2.75) is 12.7 Å². The molecule has 0 atom stereocenters. The van der Waals surface area contributed by atoms with Gasteiger partial charge in [0.15, 0.2) is 0 Å². The van der Waals surface area contributed by atoms with Crippen molar-refractivity contribution < 1.29 is 17.9 Å². The van der Waals surface area contributed by atoms with Crippen LogP contribution in [0.5, 0.6) is 5.75 Å². The van der Waals surface area contributed by atoms with E-state index in [4.69, 9.17) is 4.74 Å². The molecule has 1 aromatic carbocycles. The van der Waals surface area contributed by atoms with Crippen LogP contribution in [0, 0.1) is 0 Å². The van der Waals surface area contributed by atoms with Crippen molar-refractivity contribution in [1.29, 1.82) is 0 Å². The first-order valence-electron chi connectivity index (χ1n) is 7.74. The minimum Gasteiger partial charge on any atom is -0.497 e. The third-order valence-corrected chi connectivity index (χ3v) is 3.87. The molecule has 0 spiro atoms. The Morgan fingerprint density at radius 1 is 1.00 bits per heavy atom. The van der Waals surface area contributed by atoms with Crippen LogP contribution in [-0.4, -0.2) is 16.7 Å². The summed E-state index contributed by atoms with van der Waals surface area (Å²) in [6.07, 6.45) is -1.68.